The molecule has 1 rings (SSSR count). The number of hydrogen-bond donors (Lipinski definition) is 1. The smallest absolute Gasteiger partial charge is 0.316 e. The molecule has 0 saturated carbocycles. The minimum atomic E-state index is -4.43. The molecule has 0 heterocycles. The molecule has 1 aromatic rings. The fraction of sp³-hybridized carbons (Fsp3) is 0.333. The molecule has 0 amide bonds. The Morgan fingerprint density at radius 3 is 2.29 bits per heavy atom. The van der Waals surface area contributed by atoms with Crippen molar-refractivity contribution in [2.75, 3.05) is 0 Å². The molecule has 0 bridgehead atoms. The van der Waals surface area contributed by atoms with Crippen LogP contribution in [-0.4, -0.2) is 6.18 Å². The van der Waals surface area contributed by atoms with Crippen LogP contribution in [0.25, 0.3) is 0 Å². The Balaban J connectivity index is 3.07. The van der Waals surface area contributed by atoms with Gasteiger partial charge in [-0.1, -0.05) is 17.7 Å². The first kappa shape index (κ1) is 11.3. The second kappa shape index (κ2) is 3.79. The van der Waals surface area contributed by atoms with E-state index in [9.17, 15) is 13.2 Å². The zero-order valence-electron chi connectivity index (χ0n) is 7.40. The van der Waals surface area contributed by atoms with Gasteiger partial charge in [0.25, 0.3) is 0 Å². The van der Waals surface area contributed by atoms with Gasteiger partial charge in [0.05, 0.1) is 0 Å². The number of aryl methyl sites for hydroxylation is 1. The summed E-state index contributed by atoms with van der Waals surface area (Å²) < 4.78 is 36.7. The molecule has 0 saturated heterocycles. The van der Waals surface area contributed by atoms with Crippen LogP contribution < -0.4 is 5.73 Å². The van der Waals surface area contributed by atoms with Crippen LogP contribution in [0.3, 0.4) is 0 Å². The van der Waals surface area contributed by atoms with E-state index in [0.717, 1.165) is 0 Å². The predicted octanol–water partition coefficient (Wildman–Crippen LogP) is 3.21. The molecule has 0 radical (unpaired) electrons. The second-order valence-corrected chi connectivity index (χ2v) is 3.52. The molecule has 78 valence electrons. The van der Waals surface area contributed by atoms with E-state index in [-0.39, 0.29) is 10.6 Å². The Labute approximate surface area is 84.7 Å². The third-order valence-electron chi connectivity index (χ3n) is 1.78. The lowest BCUT2D eigenvalue weighted by Crippen LogP contribution is -2.28. The normalized spacial score (nSPS) is 14.1. The topological polar surface area (TPSA) is 26.0 Å². The lowest BCUT2D eigenvalue weighted by Gasteiger charge is -2.16. The highest BCUT2D eigenvalue weighted by Gasteiger charge is 2.37. The Hall–Kier alpha value is -0.740. The fourth-order valence-corrected chi connectivity index (χ4v) is 1.43. The Morgan fingerprint density at radius 1 is 1.29 bits per heavy atom. The van der Waals surface area contributed by atoms with Gasteiger partial charge in [-0.15, -0.1) is 0 Å². The summed E-state index contributed by atoms with van der Waals surface area (Å²) in [5.41, 5.74) is 5.67. The Morgan fingerprint density at radius 2 is 1.86 bits per heavy atom. The average Bonchev–Trinajstić information content (AvgIpc) is 1.99. The first-order chi connectivity index (χ1) is 6.30. The quantitative estimate of drug-likeness (QED) is 0.777. The van der Waals surface area contributed by atoms with Crippen molar-refractivity contribution < 1.29 is 13.2 Å². The first-order valence-electron chi connectivity index (χ1n) is 3.90. The zero-order chi connectivity index (χ0) is 10.9. The predicted molar refractivity (Wildman–Crippen MR) is 49.2 cm³/mol. The van der Waals surface area contributed by atoms with Gasteiger partial charge in [-0.25, -0.2) is 0 Å². The van der Waals surface area contributed by atoms with Crippen molar-refractivity contribution in [3.63, 3.8) is 0 Å². The highest BCUT2D eigenvalue weighted by Crippen LogP contribution is 2.31. The van der Waals surface area contributed by atoms with E-state index < -0.39 is 12.2 Å². The maximum absolute atomic E-state index is 12.2. The molecule has 2 N–H and O–H groups in total. The summed E-state index contributed by atoms with van der Waals surface area (Å²) in [4.78, 5) is 0. The van der Waals surface area contributed by atoms with Crippen molar-refractivity contribution in [1.29, 1.82) is 0 Å². The van der Waals surface area contributed by atoms with Gasteiger partial charge in [0, 0.05) is 5.02 Å². The molecule has 0 fully saturated rings. The van der Waals surface area contributed by atoms with Gasteiger partial charge >= 0.3 is 6.18 Å². The summed E-state index contributed by atoms with van der Waals surface area (Å²) in [5.74, 6) is 0. The maximum Gasteiger partial charge on any atom is 0.407 e. The first-order valence-corrected chi connectivity index (χ1v) is 4.28. The number of benzene rings is 1. The van der Waals surface area contributed by atoms with E-state index in [0.29, 0.717) is 5.56 Å². The SMILES string of the molecule is Cc1cc(Cl)cc([C@@H](N)C(F)(F)F)c1. The highest BCUT2D eigenvalue weighted by molar-refractivity contribution is 6.30. The Kier molecular flexibility index (Phi) is 3.07. The van der Waals surface area contributed by atoms with Gasteiger partial charge in [0.1, 0.15) is 6.04 Å². The monoisotopic (exact) mass is 223 g/mol. The van der Waals surface area contributed by atoms with Crippen molar-refractivity contribution in [3.8, 4) is 0 Å². The van der Waals surface area contributed by atoms with Gasteiger partial charge in [0.15, 0.2) is 0 Å². The number of nitrogens with two attached hydrogens (primary N) is 1. The standard InChI is InChI=1S/C9H9ClF3N/c1-5-2-6(4-7(10)3-5)8(14)9(11,12)13/h2-4,8H,14H2,1H3/t8-/m1/s1. The van der Waals surface area contributed by atoms with Gasteiger partial charge in [-0.05, 0) is 30.2 Å². The summed E-state index contributed by atoms with van der Waals surface area (Å²) in [6.07, 6.45) is -4.43. The molecule has 0 unspecified atom stereocenters. The van der Waals surface area contributed by atoms with Gasteiger partial charge < -0.3 is 5.73 Å². The summed E-state index contributed by atoms with van der Waals surface area (Å²) in [7, 11) is 0. The molecule has 1 nitrogen and oxygen atoms in total. The zero-order valence-corrected chi connectivity index (χ0v) is 8.15. The lowest BCUT2D eigenvalue weighted by molar-refractivity contribution is -0.149. The van der Waals surface area contributed by atoms with E-state index in [1.165, 1.54) is 12.1 Å². The van der Waals surface area contributed by atoms with Gasteiger partial charge in [-0.2, -0.15) is 13.2 Å². The molecule has 14 heavy (non-hydrogen) atoms. The van der Waals surface area contributed by atoms with Crippen molar-refractivity contribution >= 4 is 11.6 Å². The maximum atomic E-state index is 12.2. The van der Waals surface area contributed by atoms with Gasteiger partial charge in [0.2, 0.25) is 0 Å². The van der Waals surface area contributed by atoms with Crippen molar-refractivity contribution in [1.82, 2.24) is 0 Å². The van der Waals surface area contributed by atoms with Gasteiger partial charge in [-0.3, -0.25) is 0 Å². The van der Waals surface area contributed by atoms with Crippen LogP contribution in [0, 0.1) is 6.92 Å². The third-order valence-corrected chi connectivity index (χ3v) is 1.99. The van der Waals surface area contributed by atoms with E-state index >= 15 is 0 Å². The average molecular weight is 224 g/mol. The molecular formula is C9H9ClF3N. The minimum Gasteiger partial charge on any atom is -0.316 e. The van der Waals surface area contributed by atoms with Crippen LogP contribution in [0.5, 0.6) is 0 Å². The van der Waals surface area contributed by atoms with Crippen LogP contribution in [0.4, 0.5) is 13.2 Å². The van der Waals surface area contributed by atoms with Crippen molar-refractivity contribution in [2.24, 2.45) is 5.73 Å². The molecule has 0 aromatic heterocycles. The van der Waals surface area contributed by atoms with Crippen LogP contribution in [-0.2, 0) is 0 Å². The summed E-state index contributed by atoms with van der Waals surface area (Å²) in [6.45, 7) is 1.67. The number of hydrogen-bond acceptors (Lipinski definition) is 1. The van der Waals surface area contributed by atoms with E-state index in [1.807, 2.05) is 0 Å². The van der Waals surface area contributed by atoms with Crippen LogP contribution in [0.2, 0.25) is 5.02 Å². The van der Waals surface area contributed by atoms with E-state index in [4.69, 9.17) is 17.3 Å². The molecule has 1 atom stereocenters. The largest absolute Gasteiger partial charge is 0.407 e. The van der Waals surface area contributed by atoms with E-state index in [1.54, 1.807) is 13.0 Å². The van der Waals surface area contributed by atoms with E-state index in [2.05, 4.69) is 0 Å². The summed E-state index contributed by atoms with van der Waals surface area (Å²) >= 11 is 5.62. The second-order valence-electron chi connectivity index (χ2n) is 3.08. The summed E-state index contributed by atoms with van der Waals surface area (Å²) in [6, 6.07) is 2.21. The fourth-order valence-electron chi connectivity index (χ4n) is 1.13. The molecule has 0 spiro atoms. The lowest BCUT2D eigenvalue weighted by atomic mass is 10.1. The minimum absolute atomic E-state index is 0.0116. The Bertz CT molecular complexity index is 315. The molecular weight excluding hydrogens is 215 g/mol. The molecule has 0 aliphatic heterocycles. The molecule has 1 aromatic carbocycles. The number of halogens is 4. The summed E-state index contributed by atoms with van der Waals surface area (Å²) in [5, 5.41) is 0.264. The molecule has 0 aliphatic carbocycles. The van der Waals surface area contributed by atoms with Crippen molar-refractivity contribution in [2.45, 2.75) is 19.1 Å². The molecule has 5 heteroatoms. The van der Waals surface area contributed by atoms with Crippen LogP contribution in [0.15, 0.2) is 18.2 Å². The molecule has 0 aliphatic rings. The van der Waals surface area contributed by atoms with Crippen molar-refractivity contribution in [3.05, 3.63) is 34.3 Å². The number of rotatable bonds is 1. The number of alkyl halides is 3. The van der Waals surface area contributed by atoms with Crippen LogP contribution in [0.1, 0.15) is 17.2 Å². The van der Waals surface area contributed by atoms with Crippen LogP contribution >= 0.6 is 11.6 Å². The highest BCUT2D eigenvalue weighted by atomic mass is 35.5. The third kappa shape index (κ3) is 2.62.